The summed E-state index contributed by atoms with van der Waals surface area (Å²) in [6, 6.07) is 13.6. The fourth-order valence-corrected chi connectivity index (χ4v) is 6.74. The lowest BCUT2D eigenvalue weighted by molar-refractivity contribution is -0.135. The first-order chi connectivity index (χ1) is 24.9. The van der Waals surface area contributed by atoms with Crippen LogP contribution in [0, 0.1) is 11.8 Å². The molecule has 5 amide bonds. The molecule has 4 N–H and O–H groups in total. The number of nitrogens with one attached hydrogen (secondary N) is 4. The van der Waals surface area contributed by atoms with Crippen molar-refractivity contribution in [2.24, 2.45) is 11.8 Å². The zero-order valence-corrected chi connectivity index (χ0v) is 36.6. The number of methoxy groups -OCH3 is 2. The molecule has 56 heavy (non-hydrogen) atoms. The molecule has 0 radical (unpaired) electrons. The summed E-state index contributed by atoms with van der Waals surface area (Å²) in [6.07, 6.45) is 2.70. The van der Waals surface area contributed by atoms with Gasteiger partial charge in [-0.3, -0.25) is 14.4 Å². The Kier molecular flexibility index (Phi) is 20.2. The lowest BCUT2D eigenvalue weighted by Gasteiger charge is -2.30. The van der Waals surface area contributed by atoms with Crippen molar-refractivity contribution < 1.29 is 33.4 Å². The van der Waals surface area contributed by atoms with Gasteiger partial charge < -0.3 is 40.2 Å². The predicted octanol–water partition coefficient (Wildman–Crippen LogP) is 4.95. The van der Waals surface area contributed by atoms with Gasteiger partial charge in [-0.1, -0.05) is 64.1 Å². The number of carbonyl (C=O) groups excluding carboxylic acids is 5. The zero-order chi connectivity index (χ0) is 37.5. The number of aromatic amines is 1. The summed E-state index contributed by atoms with van der Waals surface area (Å²) in [5.74, 6) is -0.103. The molecule has 310 valence electrons. The second-order valence-corrected chi connectivity index (χ2v) is 14.0. The third-order valence-corrected chi connectivity index (χ3v) is 9.74. The molecule has 2 saturated heterocycles. The standard InChI is InChI=1S/C38H49N7O7.4H2S/c1-22(2)31(42-37(49)51-5)35(47)44-19-17-28(21-44)40-34(46)27-15-11-25(12-16-27)24-9-13-26(14-10-24)29-20-39-33(41-29)30-8-7-18-45(30)36(48)32(23(3)4)43-38(50)52-6;;;;/h9-16,20,22-23,28,30-32H,7-8,17-19,21H2,1-6H3,(H,39,41)(H,40,46)(H,42,49)(H,43,50);4*1H2/t28-,30-,31-,32-;;;;/m0..../s1. The normalized spacial score (nSPS) is 16.9. The smallest absolute Gasteiger partial charge is 0.407 e. The van der Waals surface area contributed by atoms with E-state index in [-0.39, 0.29) is 95.6 Å². The number of hydrogen-bond donors (Lipinski definition) is 4. The highest BCUT2D eigenvalue weighted by Crippen LogP contribution is 2.33. The average molecular weight is 852 g/mol. The van der Waals surface area contributed by atoms with E-state index in [2.05, 4.69) is 30.7 Å². The van der Waals surface area contributed by atoms with Crippen LogP contribution in [0.15, 0.2) is 54.7 Å². The van der Waals surface area contributed by atoms with Crippen LogP contribution in [0.4, 0.5) is 9.59 Å². The summed E-state index contributed by atoms with van der Waals surface area (Å²) in [5, 5.41) is 8.33. The minimum atomic E-state index is -0.706. The number of benzene rings is 2. The van der Waals surface area contributed by atoms with Crippen molar-refractivity contribution in [1.29, 1.82) is 0 Å². The SMILES string of the molecule is COC(=O)N[C@H](C(=O)N1CC[C@H](NC(=O)c2ccc(-c3ccc(-c4cnc([C@@H]5CCCN5C(=O)[C@@H](NC(=O)OC)C(C)C)[nH]4)cc3)cc2)C1)C(C)C.S.S.S.S. The Balaban J connectivity index is 0.00000392. The van der Waals surface area contributed by atoms with E-state index in [0.29, 0.717) is 37.4 Å². The molecule has 3 heterocycles. The van der Waals surface area contributed by atoms with E-state index in [9.17, 15) is 24.0 Å². The van der Waals surface area contributed by atoms with Gasteiger partial charge in [0, 0.05) is 31.2 Å². The van der Waals surface area contributed by atoms with Gasteiger partial charge in [-0.15, -0.1) is 0 Å². The zero-order valence-electron chi connectivity index (χ0n) is 32.6. The van der Waals surface area contributed by atoms with Crippen LogP contribution in [-0.4, -0.2) is 102 Å². The van der Waals surface area contributed by atoms with Crippen LogP contribution in [0.3, 0.4) is 0 Å². The van der Waals surface area contributed by atoms with Crippen molar-refractivity contribution in [3.8, 4) is 22.4 Å². The molecule has 0 bridgehead atoms. The topological polar surface area (TPSA) is 175 Å². The molecule has 2 aromatic carbocycles. The van der Waals surface area contributed by atoms with E-state index in [1.807, 2.05) is 64.1 Å². The van der Waals surface area contributed by atoms with E-state index in [0.717, 1.165) is 35.2 Å². The molecule has 4 atom stereocenters. The molecular weight excluding hydrogens is 795 g/mol. The van der Waals surface area contributed by atoms with Gasteiger partial charge >= 0.3 is 12.2 Å². The molecule has 0 saturated carbocycles. The Labute approximate surface area is 356 Å². The van der Waals surface area contributed by atoms with Crippen molar-refractivity contribution >= 4 is 83.9 Å². The second-order valence-electron chi connectivity index (χ2n) is 14.0. The van der Waals surface area contributed by atoms with E-state index in [4.69, 9.17) is 4.74 Å². The monoisotopic (exact) mass is 851 g/mol. The van der Waals surface area contributed by atoms with Crippen LogP contribution >= 0.6 is 54.0 Å². The Morgan fingerprint density at radius 2 is 1.25 bits per heavy atom. The highest BCUT2D eigenvalue weighted by Gasteiger charge is 2.38. The number of ether oxygens (including phenoxy) is 2. The van der Waals surface area contributed by atoms with Gasteiger partial charge in [-0.05, 0) is 59.9 Å². The van der Waals surface area contributed by atoms with Crippen molar-refractivity contribution in [2.75, 3.05) is 33.9 Å². The number of amides is 5. The lowest BCUT2D eigenvalue weighted by Crippen LogP contribution is -2.51. The van der Waals surface area contributed by atoms with Crippen LogP contribution in [0.5, 0.6) is 0 Å². The Morgan fingerprint density at radius 3 is 1.79 bits per heavy atom. The molecule has 1 aromatic heterocycles. The fraction of sp³-hybridized carbons (Fsp3) is 0.474. The molecule has 0 aliphatic carbocycles. The van der Waals surface area contributed by atoms with Gasteiger partial charge in [0.05, 0.1) is 32.2 Å². The van der Waals surface area contributed by atoms with Gasteiger partial charge in [-0.2, -0.15) is 54.0 Å². The Morgan fingerprint density at radius 1 is 0.732 bits per heavy atom. The van der Waals surface area contributed by atoms with Crippen molar-refractivity contribution in [2.45, 2.75) is 71.1 Å². The van der Waals surface area contributed by atoms with Gasteiger partial charge in [0.25, 0.3) is 5.91 Å². The van der Waals surface area contributed by atoms with Crippen LogP contribution in [-0.2, 0) is 19.1 Å². The van der Waals surface area contributed by atoms with Gasteiger partial charge in [0.15, 0.2) is 0 Å². The maximum Gasteiger partial charge on any atom is 0.407 e. The molecule has 0 spiro atoms. The molecule has 5 rings (SSSR count). The van der Waals surface area contributed by atoms with Crippen molar-refractivity contribution in [3.05, 3.63) is 66.1 Å². The quantitative estimate of drug-likeness (QED) is 0.210. The number of rotatable bonds is 11. The van der Waals surface area contributed by atoms with E-state index >= 15 is 0 Å². The summed E-state index contributed by atoms with van der Waals surface area (Å²) < 4.78 is 9.40. The number of likely N-dealkylation sites (tertiary alicyclic amines) is 2. The van der Waals surface area contributed by atoms with E-state index < -0.39 is 24.3 Å². The molecule has 2 aliphatic rings. The van der Waals surface area contributed by atoms with Crippen LogP contribution in [0.25, 0.3) is 22.4 Å². The van der Waals surface area contributed by atoms with E-state index in [1.54, 1.807) is 28.1 Å². The summed E-state index contributed by atoms with van der Waals surface area (Å²) in [5.41, 5.74) is 4.21. The average Bonchev–Trinajstić information content (AvgIpc) is 3.93. The van der Waals surface area contributed by atoms with Gasteiger partial charge in [0.1, 0.15) is 17.9 Å². The first-order valence-electron chi connectivity index (χ1n) is 17.7. The Bertz CT molecular complexity index is 1760. The van der Waals surface area contributed by atoms with Crippen LogP contribution < -0.4 is 16.0 Å². The van der Waals surface area contributed by atoms with Crippen LogP contribution in [0.2, 0.25) is 0 Å². The van der Waals surface area contributed by atoms with E-state index in [1.165, 1.54) is 14.2 Å². The predicted molar refractivity (Wildman–Crippen MR) is 235 cm³/mol. The summed E-state index contributed by atoms with van der Waals surface area (Å²) in [6.45, 7) is 8.92. The number of nitrogens with zero attached hydrogens (tertiary/aromatic N) is 3. The lowest BCUT2D eigenvalue weighted by atomic mass is 10.0. The maximum atomic E-state index is 13.5. The highest BCUT2D eigenvalue weighted by molar-refractivity contribution is 7.59. The summed E-state index contributed by atoms with van der Waals surface area (Å²) >= 11 is 0. The minimum absolute atomic E-state index is 0. The van der Waals surface area contributed by atoms with Crippen molar-refractivity contribution in [3.63, 3.8) is 0 Å². The number of H-pyrrole nitrogens is 1. The Hall–Kier alpha value is -4.00. The molecule has 2 aliphatic heterocycles. The largest absolute Gasteiger partial charge is 0.453 e. The first kappa shape index (κ1) is 50.0. The van der Waals surface area contributed by atoms with Gasteiger partial charge in [0.2, 0.25) is 11.8 Å². The second kappa shape index (κ2) is 22.7. The third kappa shape index (κ3) is 12.0. The minimum Gasteiger partial charge on any atom is -0.453 e. The third-order valence-electron chi connectivity index (χ3n) is 9.74. The highest BCUT2D eigenvalue weighted by atomic mass is 32.1. The van der Waals surface area contributed by atoms with Gasteiger partial charge in [-0.25, -0.2) is 14.6 Å². The molecular formula is C38H57N7O7S4. The summed E-state index contributed by atoms with van der Waals surface area (Å²) in [4.78, 5) is 74.8. The van der Waals surface area contributed by atoms with Crippen LogP contribution in [0.1, 0.15) is 69.2 Å². The fourth-order valence-electron chi connectivity index (χ4n) is 6.74. The number of alkyl carbamates (subject to hydrolysis) is 2. The molecule has 18 heteroatoms. The number of hydrogen-bond acceptors (Lipinski definition) is 8. The number of imidazole rings is 1. The maximum absolute atomic E-state index is 13.5. The molecule has 14 nitrogen and oxygen atoms in total. The number of aromatic nitrogens is 2. The first-order valence-corrected chi connectivity index (χ1v) is 17.7. The summed E-state index contributed by atoms with van der Waals surface area (Å²) in [7, 11) is 2.54. The number of carbonyl (C=O) groups is 5. The molecule has 0 unspecified atom stereocenters. The molecule has 3 aromatic rings. The molecule has 2 fully saturated rings. The van der Waals surface area contributed by atoms with Crippen molar-refractivity contribution in [1.82, 2.24) is 35.7 Å².